The number of hydrogen-bond donors (Lipinski definition) is 0. The van der Waals surface area contributed by atoms with Crippen molar-refractivity contribution in [3.8, 4) is 22.3 Å². The third kappa shape index (κ3) is 3.59. The van der Waals surface area contributed by atoms with E-state index in [1.165, 1.54) is 99.5 Å². The Hall–Kier alpha value is -5.35. The zero-order valence-electron chi connectivity index (χ0n) is 30.2. The van der Waals surface area contributed by atoms with E-state index in [1.54, 1.807) is 0 Å². The van der Waals surface area contributed by atoms with E-state index in [-0.39, 0.29) is 12.1 Å². The standard InChI is InChI=1S/C46H40BN3/c1-25-14-11-15-26(2)39(25)32-22-33(40-27(3)16-12-17-28(40)4)43-38(24-32)50-37-21-13-18-31-23-35-42-44(41(31)37)49(45(50)48-43)30(6)29(5)47(42)36-20-10-9-19-34(36)46(35,7)8/h9-24H,1-8H3. The molecule has 50 heavy (non-hydrogen) atoms. The van der Waals surface area contributed by atoms with Crippen molar-refractivity contribution in [2.24, 2.45) is 0 Å². The van der Waals surface area contributed by atoms with Gasteiger partial charge >= 0.3 is 0 Å². The Labute approximate surface area is 294 Å². The molecule has 4 heteroatoms. The van der Waals surface area contributed by atoms with Crippen molar-refractivity contribution in [3.05, 3.63) is 136 Å². The van der Waals surface area contributed by atoms with Gasteiger partial charge in [0.15, 0.2) is 0 Å². The summed E-state index contributed by atoms with van der Waals surface area (Å²) in [6.45, 7) is 18.6. The normalized spacial score (nSPS) is 14.8. The molecule has 0 spiro atoms. The first-order valence-electron chi connectivity index (χ1n) is 17.9. The number of hydrogen-bond acceptors (Lipinski definition) is 1. The van der Waals surface area contributed by atoms with Gasteiger partial charge in [0, 0.05) is 22.1 Å². The number of aromatic nitrogens is 3. The molecule has 10 rings (SSSR count). The largest absolute Gasteiger partial charge is 0.285 e. The topological polar surface area (TPSA) is 22.2 Å². The molecule has 0 unspecified atom stereocenters. The Morgan fingerprint density at radius 1 is 0.640 bits per heavy atom. The van der Waals surface area contributed by atoms with E-state index in [2.05, 4.69) is 161 Å². The van der Waals surface area contributed by atoms with Crippen molar-refractivity contribution in [1.82, 2.24) is 14.0 Å². The lowest BCUT2D eigenvalue weighted by molar-refractivity contribution is 0.647. The number of imidazole rings is 1. The van der Waals surface area contributed by atoms with Gasteiger partial charge in [-0.25, -0.2) is 4.98 Å². The fourth-order valence-corrected chi connectivity index (χ4v) is 9.93. The minimum Gasteiger partial charge on any atom is -0.285 e. The van der Waals surface area contributed by atoms with Gasteiger partial charge in [-0.05, 0) is 121 Å². The van der Waals surface area contributed by atoms with Gasteiger partial charge in [0.1, 0.15) is 0 Å². The predicted octanol–water partition coefficient (Wildman–Crippen LogP) is 10.2. The molecule has 8 aromatic rings. The van der Waals surface area contributed by atoms with Gasteiger partial charge < -0.3 is 0 Å². The summed E-state index contributed by atoms with van der Waals surface area (Å²) in [5, 5.41) is 2.60. The van der Waals surface area contributed by atoms with Gasteiger partial charge in [0.05, 0.1) is 22.1 Å². The Kier molecular flexibility index (Phi) is 5.84. The van der Waals surface area contributed by atoms with Crippen LogP contribution in [0.4, 0.5) is 0 Å². The summed E-state index contributed by atoms with van der Waals surface area (Å²) in [5.74, 6) is 0.978. The molecule has 2 aliphatic heterocycles. The second-order valence-electron chi connectivity index (χ2n) is 15.5. The van der Waals surface area contributed by atoms with Crippen LogP contribution in [-0.4, -0.2) is 20.7 Å². The second-order valence-corrected chi connectivity index (χ2v) is 15.5. The van der Waals surface area contributed by atoms with E-state index in [4.69, 9.17) is 4.98 Å². The minimum absolute atomic E-state index is 0.131. The zero-order chi connectivity index (χ0) is 34.4. The maximum Gasteiger partial charge on any atom is 0.242 e. The first-order chi connectivity index (χ1) is 24.1. The van der Waals surface area contributed by atoms with Crippen LogP contribution in [0.25, 0.3) is 66.6 Å². The molecule has 3 nitrogen and oxygen atoms in total. The van der Waals surface area contributed by atoms with Crippen LogP contribution in [0.3, 0.4) is 0 Å². The van der Waals surface area contributed by atoms with Crippen LogP contribution in [0, 0.1) is 27.7 Å². The maximum atomic E-state index is 5.72. The van der Waals surface area contributed by atoms with Gasteiger partial charge in [-0.3, -0.25) is 8.97 Å². The highest BCUT2D eigenvalue weighted by molar-refractivity contribution is 6.94. The molecule has 242 valence electrons. The number of benzene rings is 6. The Morgan fingerprint density at radius 2 is 1.30 bits per heavy atom. The van der Waals surface area contributed by atoms with Crippen LogP contribution in [0.15, 0.2) is 103 Å². The SMILES string of the molecule is CC1=C(C)n2c3c4c(cc5cccc(c53)n3c5cc(-c6c(C)cccc6C)cc(-c6c(C)cccc6C)c5nc23)C(C)(C)c2ccccc2B14. The quantitative estimate of drug-likeness (QED) is 0.172. The Morgan fingerprint density at radius 3 is 2.02 bits per heavy atom. The van der Waals surface area contributed by atoms with Crippen molar-refractivity contribution in [2.45, 2.75) is 60.8 Å². The number of nitrogens with zero attached hydrogens (tertiary/aromatic N) is 3. The highest BCUT2D eigenvalue weighted by Crippen LogP contribution is 2.45. The van der Waals surface area contributed by atoms with Gasteiger partial charge in [0.2, 0.25) is 12.5 Å². The summed E-state index contributed by atoms with van der Waals surface area (Å²) in [6, 6.07) is 36.6. The average molecular weight is 646 g/mol. The molecule has 0 saturated carbocycles. The molecule has 2 aromatic heterocycles. The van der Waals surface area contributed by atoms with E-state index in [1.807, 2.05) is 0 Å². The predicted molar refractivity (Wildman–Crippen MR) is 214 cm³/mol. The van der Waals surface area contributed by atoms with Crippen molar-refractivity contribution in [1.29, 1.82) is 0 Å². The number of aryl methyl sites for hydroxylation is 4. The monoisotopic (exact) mass is 645 g/mol. The van der Waals surface area contributed by atoms with E-state index >= 15 is 0 Å². The van der Waals surface area contributed by atoms with Crippen molar-refractivity contribution in [2.75, 3.05) is 0 Å². The molecule has 0 aliphatic carbocycles. The minimum atomic E-state index is -0.131. The van der Waals surface area contributed by atoms with E-state index in [9.17, 15) is 0 Å². The summed E-state index contributed by atoms with van der Waals surface area (Å²) in [5.41, 5.74) is 23.1. The Balaban J connectivity index is 1.45. The van der Waals surface area contributed by atoms with E-state index in [0.717, 1.165) is 16.8 Å². The van der Waals surface area contributed by atoms with E-state index in [0.29, 0.717) is 0 Å². The number of fused-ring (bicyclic) bond motifs is 7. The molecule has 4 heterocycles. The lowest BCUT2D eigenvalue weighted by Crippen LogP contribution is -2.57. The van der Waals surface area contributed by atoms with Crippen LogP contribution in [0.1, 0.15) is 61.1 Å². The molecular weight excluding hydrogens is 605 g/mol. The highest BCUT2D eigenvalue weighted by Gasteiger charge is 2.44. The zero-order valence-corrected chi connectivity index (χ0v) is 30.2. The Bertz CT molecular complexity index is 2820. The molecule has 2 aliphatic rings. The lowest BCUT2D eigenvalue weighted by Gasteiger charge is -2.42. The van der Waals surface area contributed by atoms with Gasteiger partial charge in [-0.1, -0.05) is 104 Å². The summed E-state index contributed by atoms with van der Waals surface area (Å²) >= 11 is 0. The van der Waals surface area contributed by atoms with Gasteiger partial charge in [-0.2, -0.15) is 0 Å². The van der Waals surface area contributed by atoms with E-state index < -0.39 is 0 Å². The van der Waals surface area contributed by atoms with Crippen molar-refractivity contribution < 1.29 is 0 Å². The summed E-state index contributed by atoms with van der Waals surface area (Å²) in [4.78, 5) is 5.72. The van der Waals surface area contributed by atoms with Crippen LogP contribution < -0.4 is 10.9 Å². The summed E-state index contributed by atoms with van der Waals surface area (Å²) in [6.07, 6.45) is 0. The first kappa shape index (κ1) is 29.6. The van der Waals surface area contributed by atoms with Gasteiger partial charge in [-0.15, -0.1) is 0 Å². The second kappa shape index (κ2) is 9.88. The highest BCUT2D eigenvalue weighted by atomic mass is 15.2. The summed E-state index contributed by atoms with van der Waals surface area (Å²) < 4.78 is 4.97. The summed E-state index contributed by atoms with van der Waals surface area (Å²) in [7, 11) is 0. The molecular formula is C46H40BN3. The molecule has 0 bridgehead atoms. The third-order valence-electron chi connectivity index (χ3n) is 12.3. The van der Waals surface area contributed by atoms with Crippen molar-refractivity contribution in [3.63, 3.8) is 0 Å². The van der Waals surface area contributed by atoms with Gasteiger partial charge in [0.25, 0.3) is 0 Å². The molecule has 0 N–H and O–H groups in total. The fraction of sp³-hybridized carbons (Fsp3) is 0.196. The molecule has 0 saturated heterocycles. The van der Waals surface area contributed by atoms with Crippen LogP contribution >= 0.6 is 0 Å². The maximum absolute atomic E-state index is 5.72. The molecule has 0 radical (unpaired) electrons. The lowest BCUT2D eigenvalue weighted by atomic mass is 9.30. The number of allylic oxidation sites excluding steroid dienone is 2. The van der Waals surface area contributed by atoms with Crippen LogP contribution in [0.5, 0.6) is 0 Å². The van der Waals surface area contributed by atoms with Crippen molar-refractivity contribution >= 4 is 62.0 Å². The first-order valence-corrected chi connectivity index (χ1v) is 17.9. The molecule has 0 amide bonds. The average Bonchev–Trinajstić information content (AvgIpc) is 3.48. The fourth-order valence-electron chi connectivity index (χ4n) is 9.93. The number of rotatable bonds is 2. The van der Waals surface area contributed by atoms with Crippen LogP contribution in [-0.2, 0) is 5.41 Å². The van der Waals surface area contributed by atoms with Crippen LogP contribution in [0.2, 0.25) is 0 Å². The smallest absolute Gasteiger partial charge is 0.242 e. The third-order valence-corrected chi connectivity index (χ3v) is 12.3. The molecule has 0 atom stereocenters. The molecule has 0 fully saturated rings. The molecule has 6 aromatic carbocycles.